The Bertz CT molecular complexity index is 542. The second-order valence-electron chi connectivity index (χ2n) is 4.18. The van der Waals surface area contributed by atoms with Crippen LogP contribution in [0.15, 0.2) is 18.2 Å². The third kappa shape index (κ3) is 4.93. The van der Waals surface area contributed by atoms with E-state index in [-0.39, 0.29) is 5.69 Å². The van der Waals surface area contributed by atoms with Crippen LogP contribution < -0.4 is 9.42 Å². The molecule has 0 saturated carbocycles. The summed E-state index contributed by atoms with van der Waals surface area (Å²) in [5.74, 6) is 0.384. The molecule has 7 nitrogen and oxygen atoms in total. The lowest BCUT2D eigenvalue weighted by Crippen LogP contribution is -2.11. The van der Waals surface area contributed by atoms with Gasteiger partial charge in [-0.25, -0.2) is 0 Å². The molecule has 21 heavy (non-hydrogen) atoms. The first-order chi connectivity index (χ1) is 9.83. The van der Waals surface area contributed by atoms with Crippen LogP contribution in [-0.2, 0) is 20.9 Å². The summed E-state index contributed by atoms with van der Waals surface area (Å²) in [6.07, 6.45) is 0. The zero-order valence-corrected chi connectivity index (χ0v) is 14.1. The zero-order chi connectivity index (χ0) is 16.0. The summed E-state index contributed by atoms with van der Waals surface area (Å²) in [5.41, 5.74) is 0.417. The minimum Gasteiger partial charge on any atom is -0.424 e. The van der Waals surface area contributed by atoms with Gasteiger partial charge in [0.2, 0.25) is 0 Å². The van der Waals surface area contributed by atoms with Crippen LogP contribution >= 0.6 is 6.72 Å². The van der Waals surface area contributed by atoms with E-state index in [1.807, 2.05) is 0 Å². The Labute approximate surface area is 129 Å². The van der Waals surface area contributed by atoms with E-state index in [2.05, 4.69) is 0 Å². The maximum atomic E-state index is 11.0. The number of anilines is 1. The number of hydrogen-bond acceptors (Lipinski definition) is 7. The molecular formula is C12H19N2O5PS. The first-order valence-corrected chi connectivity index (χ1v) is 8.93. The van der Waals surface area contributed by atoms with Crippen molar-refractivity contribution >= 4 is 29.9 Å². The van der Waals surface area contributed by atoms with Crippen LogP contribution in [0.2, 0.25) is 0 Å². The molecule has 1 aromatic carbocycles. The maximum absolute atomic E-state index is 11.0. The van der Waals surface area contributed by atoms with Gasteiger partial charge in [0, 0.05) is 38.0 Å². The summed E-state index contributed by atoms with van der Waals surface area (Å²) < 4.78 is 16.4. The number of hydrogen-bond donors (Lipinski definition) is 0. The SMILES string of the molecule is CCOP(=S)(OCC)Oc1ccc([N+](=O)[O-])c(N(C)C)c1. The number of nitro groups is 1. The van der Waals surface area contributed by atoms with Gasteiger partial charge in [-0.15, -0.1) is 0 Å². The summed E-state index contributed by atoms with van der Waals surface area (Å²) in [5, 5.41) is 11.0. The smallest absolute Gasteiger partial charge is 0.380 e. The van der Waals surface area contributed by atoms with Gasteiger partial charge in [0.15, 0.2) is 0 Å². The molecule has 118 valence electrons. The van der Waals surface area contributed by atoms with Crippen LogP contribution in [0, 0.1) is 10.1 Å². The van der Waals surface area contributed by atoms with E-state index in [0.717, 1.165) is 0 Å². The molecule has 0 aliphatic carbocycles. The van der Waals surface area contributed by atoms with Gasteiger partial charge in [-0.2, -0.15) is 0 Å². The van der Waals surface area contributed by atoms with E-state index in [1.54, 1.807) is 38.9 Å². The number of benzene rings is 1. The Kier molecular flexibility index (Phi) is 6.54. The second kappa shape index (κ2) is 7.70. The summed E-state index contributed by atoms with van der Waals surface area (Å²) in [7, 11) is 3.43. The lowest BCUT2D eigenvalue weighted by Gasteiger charge is -2.22. The monoisotopic (exact) mass is 334 g/mol. The Morgan fingerprint density at radius 3 is 2.29 bits per heavy atom. The van der Waals surface area contributed by atoms with Crippen LogP contribution in [0.5, 0.6) is 5.75 Å². The molecule has 0 aromatic heterocycles. The lowest BCUT2D eigenvalue weighted by atomic mass is 10.2. The fourth-order valence-electron chi connectivity index (χ4n) is 1.61. The van der Waals surface area contributed by atoms with Crippen LogP contribution in [-0.4, -0.2) is 32.2 Å². The quantitative estimate of drug-likeness (QED) is 0.410. The first kappa shape index (κ1) is 17.8. The first-order valence-electron chi connectivity index (χ1n) is 6.37. The lowest BCUT2D eigenvalue weighted by molar-refractivity contribution is -0.384. The van der Waals surface area contributed by atoms with Crippen LogP contribution in [0.4, 0.5) is 11.4 Å². The fourth-order valence-corrected chi connectivity index (χ4v) is 3.68. The van der Waals surface area contributed by atoms with Crippen molar-refractivity contribution < 1.29 is 18.5 Å². The summed E-state index contributed by atoms with van der Waals surface area (Å²) in [6.45, 7) is 1.44. The third-order valence-electron chi connectivity index (χ3n) is 2.42. The number of nitrogens with zero attached hydrogens (tertiary/aromatic N) is 2. The van der Waals surface area contributed by atoms with Crippen molar-refractivity contribution in [3.8, 4) is 5.75 Å². The molecular weight excluding hydrogens is 315 g/mol. The highest BCUT2D eigenvalue weighted by Crippen LogP contribution is 2.50. The molecule has 0 heterocycles. The van der Waals surface area contributed by atoms with E-state index >= 15 is 0 Å². The van der Waals surface area contributed by atoms with Crippen molar-refractivity contribution in [1.29, 1.82) is 0 Å². The normalized spacial score (nSPS) is 11.2. The highest BCUT2D eigenvalue weighted by atomic mass is 32.5. The van der Waals surface area contributed by atoms with Gasteiger partial charge < -0.3 is 9.42 Å². The maximum Gasteiger partial charge on any atom is 0.380 e. The van der Waals surface area contributed by atoms with E-state index < -0.39 is 11.6 Å². The predicted molar refractivity (Wildman–Crippen MR) is 85.6 cm³/mol. The molecule has 0 atom stereocenters. The van der Waals surface area contributed by atoms with Gasteiger partial charge in [0.25, 0.3) is 5.69 Å². The van der Waals surface area contributed by atoms with E-state index in [4.69, 9.17) is 25.4 Å². The molecule has 1 rings (SSSR count). The van der Waals surface area contributed by atoms with Crippen molar-refractivity contribution in [3.63, 3.8) is 0 Å². The van der Waals surface area contributed by atoms with E-state index in [0.29, 0.717) is 24.7 Å². The van der Waals surface area contributed by atoms with Crippen LogP contribution in [0.1, 0.15) is 13.8 Å². The zero-order valence-electron chi connectivity index (χ0n) is 12.4. The molecule has 0 N–H and O–H groups in total. The number of nitro benzene ring substituents is 1. The molecule has 0 aliphatic rings. The Morgan fingerprint density at radius 1 is 1.29 bits per heavy atom. The third-order valence-corrected chi connectivity index (χ3v) is 4.86. The Hall–Kier alpha value is -1.21. The molecule has 0 unspecified atom stereocenters. The minimum atomic E-state index is -2.89. The van der Waals surface area contributed by atoms with Crippen molar-refractivity contribution in [2.24, 2.45) is 0 Å². The highest BCUT2D eigenvalue weighted by molar-refractivity contribution is 8.07. The highest BCUT2D eigenvalue weighted by Gasteiger charge is 2.23. The Balaban J connectivity index is 3.11. The van der Waals surface area contributed by atoms with Crippen molar-refractivity contribution in [3.05, 3.63) is 28.3 Å². The summed E-state index contributed by atoms with van der Waals surface area (Å²) in [4.78, 5) is 12.2. The van der Waals surface area contributed by atoms with E-state index in [9.17, 15) is 10.1 Å². The van der Waals surface area contributed by atoms with Crippen molar-refractivity contribution in [1.82, 2.24) is 0 Å². The molecule has 0 radical (unpaired) electrons. The van der Waals surface area contributed by atoms with Crippen LogP contribution in [0.25, 0.3) is 0 Å². The van der Waals surface area contributed by atoms with E-state index in [1.165, 1.54) is 12.1 Å². The van der Waals surface area contributed by atoms with Crippen molar-refractivity contribution in [2.45, 2.75) is 13.8 Å². The van der Waals surface area contributed by atoms with Crippen molar-refractivity contribution in [2.75, 3.05) is 32.2 Å². The summed E-state index contributed by atoms with van der Waals surface area (Å²) >= 11 is 5.27. The fraction of sp³-hybridized carbons (Fsp3) is 0.500. The Morgan fingerprint density at radius 2 is 1.86 bits per heavy atom. The van der Waals surface area contributed by atoms with Gasteiger partial charge in [0.1, 0.15) is 11.4 Å². The molecule has 0 bridgehead atoms. The minimum absolute atomic E-state index is 0.00604. The standard InChI is InChI=1S/C12H19N2O5PS/c1-5-17-20(21,18-6-2)19-10-7-8-11(14(15)16)12(9-10)13(3)4/h7-9H,5-6H2,1-4H3. The topological polar surface area (TPSA) is 74.1 Å². The molecule has 0 amide bonds. The molecule has 0 fully saturated rings. The largest absolute Gasteiger partial charge is 0.424 e. The molecule has 9 heteroatoms. The molecule has 0 saturated heterocycles. The molecule has 1 aromatic rings. The van der Waals surface area contributed by atoms with Gasteiger partial charge >= 0.3 is 6.72 Å². The van der Waals surface area contributed by atoms with Gasteiger partial charge in [-0.05, 0) is 19.9 Å². The molecule has 0 spiro atoms. The second-order valence-corrected chi connectivity index (χ2v) is 7.11. The van der Waals surface area contributed by atoms with Crippen LogP contribution in [0.3, 0.4) is 0 Å². The molecule has 0 aliphatic heterocycles. The average molecular weight is 334 g/mol. The number of rotatable bonds is 8. The predicted octanol–water partition coefficient (Wildman–Crippen LogP) is 3.34. The van der Waals surface area contributed by atoms with Gasteiger partial charge in [0.05, 0.1) is 18.1 Å². The average Bonchev–Trinajstić information content (AvgIpc) is 2.38. The summed E-state index contributed by atoms with van der Waals surface area (Å²) in [6, 6.07) is 4.42. The van der Waals surface area contributed by atoms with Gasteiger partial charge in [-0.1, -0.05) is 0 Å². The van der Waals surface area contributed by atoms with Gasteiger partial charge in [-0.3, -0.25) is 19.2 Å².